The second-order valence-corrected chi connectivity index (χ2v) is 5.05. The molecule has 0 saturated heterocycles. The van der Waals surface area contributed by atoms with Crippen LogP contribution in [0.2, 0.25) is 0 Å². The van der Waals surface area contributed by atoms with Gasteiger partial charge in [0, 0.05) is 6.42 Å². The highest BCUT2D eigenvalue weighted by Crippen LogP contribution is 2.22. The van der Waals surface area contributed by atoms with E-state index in [1.54, 1.807) is 0 Å². The van der Waals surface area contributed by atoms with Crippen LogP contribution >= 0.6 is 0 Å². The molecule has 2 rings (SSSR count). The first kappa shape index (κ1) is 15.6. The normalized spacial score (nSPS) is 11.0. The van der Waals surface area contributed by atoms with E-state index in [2.05, 4.69) is 32.6 Å². The molecule has 6 nitrogen and oxygen atoms in total. The topological polar surface area (TPSA) is 76.7 Å². The van der Waals surface area contributed by atoms with Crippen LogP contribution < -0.4 is 5.32 Å². The number of nitrogens with one attached hydrogen (secondary N) is 1. The van der Waals surface area contributed by atoms with Gasteiger partial charge in [-0.3, -0.25) is 0 Å². The molecule has 0 aromatic carbocycles. The van der Waals surface area contributed by atoms with Crippen LogP contribution in [-0.4, -0.2) is 33.5 Å². The molecule has 1 N–H and O–H groups in total. The van der Waals surface area contributed by atoms with Gasteiger partial charge < -0.3 is 9.73 Å². The van der Waals surface area contributed by atoms with Crippen molar-refractivity contribution < 1.29 is 4.42 Å². The summed E-state index contributed by atoms with van der Waals surface area (Å²) < 4.78 is 5.76. The fourth-order valence-corrected chi connectivity index (χ4v) is 2.09. The zero-order chi connectivity index (χ0) is 15.1. The maximum absolute atomic E-state index is 5.76. The zero-order valence-electron chi connectivity index (χ0n) is 13.0. The van der Waals surface area contributed by atoms with E-state index in [1.165, 1.54) is 0 Å². The summed E-state index contributed by atoms with van der Waals surface area (Å²) in [5.74, 6) is 1.22. The van der Waals surface area contributed by atoms with Crippen molar-refractivity contribution in [1.29, 1.82) is 0 Å². The number of rotatable bonds is 8. The lowest BCUT2D eigenvalue weighted by molar-refractivity contribution is 0.490. The molecule has 0 unspecified atom stereocenters. The van der Waals surface area contributed by atoms with Gasteiger partial charge in [0.05, 0.1) is 17.0 Å². The Morgan fingerprint density at radius 3 is 2.71 bits per heavy atom. The molecule has 0 saturated carbocycles. The fraction of sp³-hybridized carbons (Fsp3) is 0.600. The number of nitrogens with zero attached hydrogens (tertiary/aromatic N) is 4. The Labute approximate surface area is 125 Å². The van der Waals surface area contributed by atoms with Gasteiger partial charge in [-0.1, -0.05) is 13.8 Å². The van der Waals surface area contributed by atoms with Gasteiger partial charge in [-0.05, 0) is 45.3 Å². The lowest BCUT2D eigenvalue weighted by Crippen LogP contribution is -2.16. The minimum atomic E-state index is 0.543. The fourth-order valence-electron chi connectivity index (χ4n) is 2.09. The molecule has 0 fully saturated rings. The van der Waals surface area contributed by atoms with Gasteiger partial charge >= 0.3 is 0 Å². The van der Waals surface area contributed by atoms with Gasteiger partial charge in [0.25, 0.3) is 0 Å². The molecule has 0 aliphatic carbocycles. The second-order valence-electron chi connectivity index (χ2n) is 5.05. The van der Waals surface area contributed by atoms with E-state index >= 15 is 0 Å². The van der Waals surface area contributed by atoms with Gasteiger partial charge in [-0.2, -0.15) is 10.2 Å². The Kier molecular flexibility index (Phi) is 5.80. The summed E-state index contributed by atoms with van der Waals surface area (Å²) in [5, 5.41) is 19.9. The maximum atomic E-state index is 5.76. The third-order valence-electron chi connectivity index (χ3n) is 3.20. The molecule has 0 amide bonds. The molecular weight excluding hydrogens is 266 g/mol. The molecule has 2 heterocycles. The average Bonchev–Trinajstić information content (AvgIpc) is 2.96. The van der Waals surface area contributed by atoms with E-state index in [1.807, 2.05) is 19.9 Å². The minimum Gasteiger partial charge on any atom is -0.421 e. The van der Waals surface area contributed by atoms with Crippen LogP contribution in [0.15, 0.2) is 10.5 Å². The molecule has 0 spiro atoms. The first-order valence-electron chi connectivity index (χ1n) is 7.61. The highest BCUT2D eigenvalue weighted by atomic mass is 16.4. The monoisotopic (exact) mass is 289 g/mol. The Hall–Kier alpha value is -1.82. The molecule has 114 valence electrons. The van der Waals surface area contributed by atoms with Crippen molar-refractivity contribution in [3.8, 4) is 11.5 Å². The van der Waals surface area contributed by atoms with Crippen LogP contribution in [0.1, 0.15) is 44.0 Å². The van der Waals surface area contributed by atoms with Gasteiger partial charge in [-0.25, -0.2) is 0 Å². The summed E-state index contributed by atoms with van der Waals surface area (Å²) in [6.07, 6.45) is 3.73. The molecule has 0 atom stereocenters. The third kappa shape index (κ3) is 4.32. The summed E-state index contributed by atoms with van der Waals surface area (Å²) in [4.78, 5) is 0. The van der Waals surface area contributed by atoms with Crippen molar-refractivity contribution in [2.45, 2.75) is 46.5 Å². The third-order valence-corrected chi connectivity index (χ3v) is 3.20. The van der Waals surface area contributed by atoms with Crippen LogP contribution in [0.4, 0.5) is 0 Å². The lowest BCUT2D eigenvalue weighted by Gasteiger charge is -2.02. The van der Waals surface area contributed by atoms with Gasteiger partial charge in [0.2, 0.25) is 11.8 Å². The molecule has 0 aliphatic rings. The Morgan fingerprint density at radius 1 is 1.10 bits per heavy atom. The average molecular weight is 289 g/mol. The first-order valence-corrected chi connectivity index (χ1v) is 7.61. The van der Waals surface area contributed by atoms with Crippen molar-refractivity contribution in [3.63, 3.8) is 0 Å². The second kappa shape index (κ2) is 7.83. The predicted molar refractivity (Wildman–Crippen MR) is 80.9 cm³/mol. The van der Waals surface area contributed by atoms with E-state index in [9.17, 15) is 0 Å². The van der Waals surface area contributed by atoms with Gasteiger partial charge in [-0.15, -0.1) is 10.2 Å². The lowest BCUT2D eigenvalue weighted by atomic mass is 10.1. The van der Waals surface area contributed by atoms with Crippen molar-refractivity contribution >= 4 is 0 Å². The number of hydrogen-bond donors (Lipinski definition) is 1. The Morgan fingerprint density at radius 2 is 1.95 bits per heavy atom. The van der Waals surface area contributed by atoms with Gasteiger partial charge in [0.15, 0.2) is 0 Å². The Balaban J connectivity index is 2.01. The van der Waals surface area contributed by atoms with E-state index in [0.717, 1.165) is 55.7 Å². The van der Waals surface area contributed by atoms with E-state index < -0.39 is 0 Å². The molecule has 0 bridgehead atoms. The molecule has 2 aromatic rings. The van der Waals surface area contributed by atoms with Gasteiger partial charge in [0.1, 0.15) is 0 Å². The largest absolute Gasteiger partial charge is 0.421 e. The van der Waals surface area contributed by atoms with E-state index in [-0.39, 0.29) is 0 Å². The summed E-state index contributed by atoms with van der Waals surface area (Å²) >= 11 is 0. The first-order chi connectivity index (χ1) is 10.2. The maximum Gasteiger partial charge on any atom is 0.249 e. The van der Waals surface area contributed by atoms with Crippen LogP contribution in [0.3, 0.4) is 0 Å². The quantitative estimate of drug-likeness (QED) is 0.752. The van der Waals surface area contributed by atoms with Crippen molar-refractivity contribution in [3.05, 3.63) is 23.3 Å². The molecule has 6 heteroatoms. The standard InChI is InChI=1S/C15H23N5O/c1-4-8-16-9-6-7-14-19-20-15(21-14)12-10-11(3)17-18-13(12)5-2/h10,16H,4-9H2,1-3H3. The van der Waals surface area contributed by atoms with Crippen LogP contribution in [-0.2, 0) is 12.8 Å². The molecule has 0 aliphatic heterocycles. The van der Waals surface area contributed by atoms with Crippen LogP contribution in [0.25, 0.3) is 11.5 Å². The highest BCUT2D eigenvalue weighted by molar-refractivity contribution is 5.56. The molecular formula is C15H23N5O. The molecule has 0 radical (unpaired) electrons. The highest BCUT2D eigenvalue weighted by Gasteiger charge is 2.13. The molecule has 2 aromatic heterocycles. The Bertz CT molecular complexity index is 567. The SMILES string of the molecule is CCCNCCCc1nnc(-c2cc(C)nnc2CC)o1. The van der Waals surface area contributed by atoms with Crippen LogP contribution in [0.5, 0.6) is 0 Å². The predicted octanol–water partition coefficient (Wildman–Crippen LogP) is 2.33. The van der Waals surface area contributed by atoms with E-state index in [4.69, 9.17) is 4.42 Å². The smallest absolute Gasteiger partial charge is 0.249 e. The van der Waals surface area contributed by atoms with Crippen molar-refractivity contribution in [1.82, 2.24) is 25.7 Å². The molecule has 21 heavy (non-hydrogen) atoms. The summed E-state index contributed by atoms with van der Waals surface area (Å²) in [6, 6.07) is 1.95. The summed E-state index contributed by atoms with van der Waals surface area (Å²) in [5.41, 5.74) is 2.64. The summed E-state index contributed by atoms with van der Waals surface area (Å²) in [7, 11) is 0. The minimum absolute atomic E-state index is 0.543. The van der Waals surface area contributed by atoms with Crippen molar-refractivity contribution in [2.75, 3.05) is 13.1 Å². The number of hydrogen-bond acceptors (Lipinski definition) is 6. The zero-order valence-corrected chi connectivity index (χ0v) is 13.0. The number of aromatic nitrogens is 4. The summed E-state index contributed by atoms with van der Waals surface area (Å²) in [6.45, 7) is 8.14. The van der Waals surface area contributed by atoms with E-state index in [0.29, 0.717) is 11.8 Å². The van der Waals surface area contributed by atoms with Crippen LogP contribution in [0, 0.1) is 6.92 Å². The number of aryl methyl sites for hydroxylation is 3. The van der Waals surface area contributed by atoms with Crippen molar-refractivity contribution in [2.24, 2.45) is 0 Å².